The van der Waals surface area contributed by atoms with Gasteiger partial charge in [0.2, 0.25) is 0 Å². The van der Waals surface area contributed by atoms with Gasteiger partial charge in [-0.2, -0.15) is 0 Å². The lowest BCUT2D eigenvalue weighted by molar-refractivity contribution is 0.0975. The summed E-state index contributed by atoms with van der Waals surface area (Å²) in [7, 11) is 0. The average Bonchev–Trinajstić information content (AvgIpc) is 2.48. The van der Waals surface area contributed by atoms with Gasteiger partial charge < -0.3 is 0 Å². The summed E-state index contributed by atoms with van der Waals surface area (Å²) in [4.78, 5) is 35.6. The van der Waals surface area contributed by atoms with Gasteiger partial charge in [-0.05, 0) is 13.8 Å². The van der Waals surface area contributed by atoms with E-state index in [4.69, 9.17) is 0 Å². The highest BCUT2D eigenvalue weighted by molar-refractivity contribution is 5.95. The largest absolute Gasteiger partial charge is 0.294 e. The van der Waals surface area contributed by atoms with Crippen LogP contribution in [-0.2, 0) is 6.54 Å². The van der Waals surface area contributed by atoms with Crippen molar-refractivity contribution in [3.63, 3.8) is 0 Å². The summed E-state index contributed by atoms with van der Waals surface area (Å²) in [5.41, 5.74) is 0.880. The molecular formula is C15H16N2O3. The minimum absolute atomic E-state index is 0.0587. The van der Waals surface area contributed by atoms with Crippen molar-refractivity contribution in [2.24, 2.45) is 0 Å². The van der Waals surface area contributed by atoms with Crippen molar-refractivity contribution in [3.8, 4) is 0 Å². The Morgan fingerprint density at radius 2 is 1.75 bits per heavy atom. The first kappa shape index (κ1) is 14.0. The highest BCUT2D eigenvalue weighted by atomic mass is 16.2. The normalized spacial score (nSPS) is 10.5. The molecule has 1 N–H and O–H groups in total. The maximum atomic E-state index is 12.0. The van der Waals surface area contributed by atoms with E-state index >= 15 is 0 Å². The first-order valence-electron chi connectivity index (χ1n) is 6.39. The Labute approximate surface area is 115 Å². The predicted octanol–water partition coefficient (Wildman–Crippen LogP) is 1.43. The maximum absolute atomic E-state index is 12.0. The van der Waals surface area contributed by atoms with Gasteiger partial charge in [0.25, 0.3) is 11.1 Å². The fraction of sp³-hybridized carbons (Fsp3) is 0.267. The Balaban J connectivity index is 2.19. The molecule has 2 aromatic rings. The molecule has 0 unspecified atom stereocenters. The summed E-state index contributed by atoms with van der Waals surface area (Å²) >= 11 is 0. The van der Waals surface area contributed by atoms with Gasteiger partial charge in [0.15, 0.2) is 5.78 Å². The molecule has 0 bridgehead atoms. The van der Waals surface area contributed by atoms with Gasteiger partial charge in [0.1, 0.15) is 0 Å². The monoisotopic (exact) mass is 272 g/mol. The molecule has 0 aliphatic rings. The number of aromatic amines is 1. The van der Waals surface area contributed by atoms with Crippen molar-refractivity contribution in [1.29, 1.82) is 0 Å². The highest BCUT2D eigenvalue weighted by Crippen LogP contribution is 2.03. The summed E-state index contributed by atoms with van der Waals surface area (Å²) in [6.45, 7) is 3.39. The number of ketones is 1. The smallest absolute Gasteiger partial charge is 0.268 e. The van der Waals surface area contributed by atoms with Crippen LogP contribution in [0.4, 0.5) is 0 Å². The molecule has 104 valence electrons. The summed E-state index contributed by atoms with van der Waals surface area (Å²) in [5, 5.41) is 2.49. The van der Waals surface area contributed by atoms with Gasteiger partial charge in [-0.3, -0.25) is 19.5 Å². The van der Waals surface area contributed by atoms with E-state index < -0.39 is 0 Å². The molecule has 5 nitrogen and oxygen atoms in total. The number of carbonyl (C=O) groups is 1. The zero-order valence-electron chi connectivity index (χ0n) is 11.5. The van der Waals surface area contributed by atoms with Crippen molar-refractivity contribution in [1.82, 2.24) is 9.78 Å². The second-order valence-electron chi connectivity index (χ2n) is 4.69. The lowest BCUT2D eigenvalue weighted by Crippen LogP contribution is -2.33. The third-order valence-corrected chi connectivity index (χ3v) is 3.36. The lowest BCUT2D eigenvalue weighted by atomic mass is 10.1. The van der Waals surface area contributed by atoms with Gasteiger partial charge in [-0.1, -0.05) is 30.3 Å². The number of H-pyrrole nitrogens is 1. The predicted molar refractivity (Wildman–Crippen MR) is 76.2 cm³/mol. The summed E-state index contributed by atoms with van der Waals surface area (Å²) in [6.07, 6.45) is 0.169. The van der Waals surface area contributed by atoms with E-state index in [-0.39, 0.29) is 29.9 Å². The molecular weight excluding hydrogens is 256 g/mol. The van der Waals surface area contributed by atoms with E-state index in [0.717, 1.165) is 0 Å². The number of aromatic nitrogens is 2. The van der Waals surface area contributed by atoms with Gasteiger partial charge >= 0.3 is 0 Å². The third kappa shape index (κ3) is 2.77. The molecule has 2 rings (SSSR count). The standard InChI is InChI=1S/C15H16N2O3/c1-10-11(2)15(20)17(16-14(10)19)9-8-13(18)12-6-4-3-5-7-12/h3-7H,8-9H2,1-2H3,(H,16,19). The molecule has 1 aromatic heterocycles. The summed E-state index contributed by atoms with van der Waals surface area (Å²) in [6, 6.07) is 8.87. The van der Waals surface area contributed by atoms with E-state index in [2.05, 4.69) is 5.10 Å². The van der Waals surface area contributed by atoms with Crippen molar-refractivity contribution >= 4 is 5.78 Å². The van der Waals surface area contributed by atoms with Crippen LogP contribution in [0.1, 0.15) is 27.9 Å². The quantitative estimate of drug-likeness (QED) is 0.856. The topological polar surface area (TPSA) is 71.9 Å². The van der Waals surface area contributed by atoms with Crippen molar-refractivity contribution < 1.29 is 4.79 Å². The molecule has 1 heterocycles. The Hall–Kier alpha value is -2.43. The van der Waals surface area contributed by atoms with Crippen LogP contribution in [0, 0.1) is 13.8 Å². The van der Waals surface area contributed by atoms with Gasteiger partial charge in [-0.25, -0.2) is 4.68 Å². The Kier molecular flexibility index (Phi) is 3.98. The summed E-state index contributed by atoms with van der Waals surface area (Å²) < 4.78 is 1.20. The lowest BCUT2D eigenvalue weighted by Gasteiger charge is -2.07. The fourth-order valence-electron chi connectivity index (χ4n) is 1.93. The van der Waals surface area contributed by atoms with Crippen molar-refractivity contribution in [2.75, 3.05) is 0 Å². The molecule has 0 atom stereocenters. The molecule has 0 amide bonds. The molecule has 20 heavy (non-hydrogen) atoms. The number of carbonyl (C=O) groups excluding carboxylic acids is 1. The third-order valence-electron chi connectivity index (χ3n) is 3.36. The molecule has 0 saturated heterocycles. The van der Waals surface area contributed by atoms with Crippen LogP contribution in [0.25, 0.3) is 0 Å². The van der Waals surface area contributed by atoms with Crippen LogP contribution in [0.5, 0.6) is 0 Å². The zero-order chi connectivity index (χ0) is 14.7. The molecule has 1 aromatic carbocycles. The van der Waals surface area contributed by atoms with E-state index in [9.17, 15) is 14.4 Å². The number of Topliss-reactive ketones (excluding diaryl/α,β-unsaturated/α-hetero) is 1. The number of aryl methyl sites for hydroxylation is 1. The first-order chi connectivity index (χ1) is 9.50. The van der Waals surface area contributed by atoms with E-state index in [1.54, 1.807) is 38.1 Å². The number of rotatable bonds is 4. The molecule has 5 heteroatoms. The van der Waals surface area contributed by atoms with Crippen LogP contribution in [0.2, 0.25) is 0 Å². The fourth-order valence-corrected chi connectivity index (χ4v) is 1.93. The molecule has 0 radical (unpaired) electrons. The van der Waals surface area contributed by atoms with Crippen molar-refractivity contribution in [2.45, 2.75) is 26.8 Å². The number of hydrogen-bond donors (Lipinski definition) is 1. The van der Waals surface area contributed by atoms with E-state index in [0.29, 0.717) is 16.7 Å². The number of hydrogen-bond acceptors (Lipinski definition) is 3. The van der Waals surface area contributed by atoms with E-state index in [1.165, 1.54) is 4.68 Å². The van der Waals surface area contributed by atoms with Gasteiger partial charge in [-0.15, -0.1) is 0 Å². The Bertz CT molecular complexity index is 742. The highest BCUT2D eigenvalue weighted by Gasteiger charge is 2.10. The van der Waals surface area contributed by atoms with Crippen molar-refractivity contribution in [3.05, 3.63) is 67.7 Å². The second kappa shape index (κ2) is 5.69. The Morgan fingerprint density at radius 3 is 2.40 bits per heavy atom. The molecule has 0 aliphatic heterocycles. The number of benzene rings is 1. The van der Waals surface area contributed by atoms with Crippen LogP contribution >= 0.6 is 0 Å². The summed E-state index contributed by atoms with van der Waals surface area (Å²) in [5.74, 6) is -0.0587. The Morgan fingerprint density at radius 1 is 1.10 bits per heavy atom. The second-order valence-corrected chi connectivity index (χ2v) is 4.69. The SMILES string of the molecule is Cc1c(C)c(=O)n(CCC(=O)c2ccccc2)[nH]c1=O. The van der Waals surface area contributed by atoms with Crippen LogP contribution in [0.15, 0.2) is 39.9 Å². The first-order valence-corrected chi connectivity index (χ1v) is 6.39. The molecule has 0 aliphatic carbocycles. The number of nitrogens with zero attached hydrogens (tertiary/aromatic N) is 1. The minimum atomic E-state index is -0.297. The minimum Gasteiger partial charge on any atom is -0.294 e. The number of nitrogens with one attached hydrogen (secondary N) is 1. The maximum Gasteiger partial charge on any atom is 0.268 e. The zero-order valence-corrected chi connectivity index (χ0v) is 11.5. The molecule has 0 fully saturated rings. The van der Waals surface area contributed by atoms with E-state index in [1.807, 2.05) is 6.07 Å². The molecule has 0 saturated carbocycles. The van der Waals surface area contributed by atoms with Gasteiger partial charge in [0, 0.05) is 23.1 Å². The average molecular weight is 272 g/mol. The van der Waals surface area contributed by atoms with Crippen LogP contribution in [-0.4, -0.2) is 15.6 Å². The van der Waals surface area contributed by atoms with Gasteiger partial charge in [0.05, 0.1) is 6.54 Å². The molecule has 0 spiro atoms. The van der Waals surface area contributed by atoms with Crippen LogP contribution < -0.4 is 11.1 Å². The van der Waals surface area contributed by atoms with Crippen LogP contribution in [0.3, 0.4) is 0 Å².